The zero-order valence-electron chi connectivity index (χ0n) is 27.7. The first-order valence-electron chi connectivity index (χ1n) is 15.3. The molecular weight excluding hydrogens is 566 g/mol. The summed E-state index contributed by atoms with van der Waals surface area (Å²) in [6, 6.07) is 36.5. The maximum Gasteiger partial charge on any atom is 0.119 e. The Bertz CT molecular complexity index is 1330. The third kappa shape index (κ3) is 13.5. The van der Waals surface area contributed by atoms with E-state index >= 15 is 0 Å². The van der Waals surface area contributed by atoms with Crippen LogP contribution >= 0.6 is 0 Å². The van der Waals surface area contributed by atoms with Gasteiger partial charge in [0.25, 0.3) is 0 Å². The summed E-state index contributed by atoms with van der Waals surface area (Å²) in [5.74, 6) is 1.22. The van der Waals surface area contributed by atoms with Crippen LogP contribution in [-0.2, 0) is 16.7 Å². The highest BCUT2D eigenvalue weighted by molar-refractivity contribution is 5.63. The molecule has 0 amide bonds. The number of phenolic OH excluding ortho intramolecular Hbond substituents is 1. The Balaban J connectivity index is 0.000000400. The summed E-state index contributed by atoms with van der Waals surface area (Å²) in [5.41, 5.74) is 5.48. The van der Waals surface area contributed by atoms with Crippen molar-refractivity contribution in [3.63, 3.8) is 0 Å². The number of phenols is 1. The first-order chi connectivity index (χ1) is 20.3. The lowest BCUT2D eigenvalue weighted by Gasteiger charge is -2.33. The molecule has 0 saturated heterocycles. The van der Waals surface area contributed by atoms with Gasteiger partial charge in [0.1, 0.15) is 31.2 Å². The van der Waals surface area contributed by atoms with E-state index in [0.717, 1.165) is 41.9 Å². The number of ether oxygens (including phenoxy) is 2. The van der Waals surface area contributed by atoms with Crippen LogP contribution in [-0.4, -0.2) is 50.1 Å². The largest absolute Gasteiger partial charge is 1.00 e. The van der Waals surface area contributed by atoms with Crippen molar-refractivity contribution >= 4 is 0 Å². The molecule has 1 N–H and O–H groups in total. The number of rotatable bonds is 12. The standard InChI is InChI=1S/C27H42NO2.C12H10O.ClH/c1-26(2,3)22-27(4,5)24-13-15-25(16-14-24)30-20-19-29-18-17-28(6,7)21-23-11-9-8-10-12-23;13-12-8-6-11(7-9-12)10-4-2-1-3-5-10;/h8-16H,17-22H2,1-7H3;1-9,13H;1H/q+1;;/p-1. The minimum atomic E-state index is 0. The molecule has 0 bridgehead atoms. The molecule has 0 atom stereocenters. The summed E-state index contributed by atoms with van der Waals surface area (Å²) in [5, 5.41) is 9.10. The van der Waals surface area contributed by atoms with Crippen LogP contribution in [0.5, 0.6) is 11.5 Å². The van der Waals surface area contributed by atoms with Gasteiger partial charge in [-0.15, -0.1) is 0 Å². The van der Waals surface area contributed by atoms with Crippen molar-refractivity contribution in [2.45, 2.75) is 53.0 Å². The Morgan fingerprint density at radius 3 is 1.75 bits per heavy atom. The van der Waals surface area contributed by atoms with E-state index in [1.807, 2.05) is 42.5 Å². The van der Waals surface area contributed by atoms with E-state index in [4.69, 9.17) is 14.6 Å². The van der Waals surface area contributed by atoms with E-state index < -0.39 is 0 Å². The topological polar surface area (TPSA) is 38.7 Å². The predicted molar refractivity (Wildman–Crippen MR) is 181 cm³/mol. The van der Waals surface area contributed by atoms with Crippen LogP contribution in [0.2, 0.25) is 0 Å². The Hall–Kier alpha value is -3.31. The lowest BCUT2D eigenvalue weighted by molar-refractivity contribution is -0.904. The van der Waals surface area contributed by atoms with Crippen molar-refractivity contribution in [2.75, 3.05) is 40.5 Å². The van der Waals surface area contributed by atoms with Gasteiger partial charge in [0, 0.05) is 5.56 Å². The maximum absolute atomic E-state index is 9.10. The Kier molecular flexibility index (Phi) is 14.5. The molecular formula is C39H52ClNO3. The van der Waals surface area contributed by atoms with Crippen molar-refractivity contribution < 1.29 is 31.5 Å². The van der Waals surface area contributed by atoms with Gasteiger partial charge in [-0.3, -0.25) is 0 Å². The number of aromatic hydroxyl groups is 1. The fraction of sp³-hybridized carbons (Fsp3) is 0.385. The Morgan fingerprint density at radius 1 is 0.636 bits per heavy atom. The molecule has 0 aromatic heterocycles. The average molecular weight is 618 g/mol. The van der Waals surface area contributed by atoms with E-state index in [0.29, 0.717) is 24.4 Å². The van der Waals surface area contributed by atoms with Crippen LogP contribution in [0.15, 0.2) is 109 Å². The molecule has 0 fully saturated rings. The molecule has 5 heteroatoms. The molecule has 0 aliphatic heterocycles. The van der Waals surface area contributed by atoms with Crippen LogP contribution in [0.1, 0.15) is 52.2 Å². The molecule has 0 heterocycles. The molecule has 238 valence electrons. The fourth-order valence-electron chi connectivity index (χ4n) is 5.50. The van der Waals surface area contributed by atoms with Crippen molar-refractivity contribution in [3.05, 3.63) is 120 Å². The van der Waals surface area contributed by atoms with Gasteiger partial charge in [0.2, 0.25) is 0 Å². The first-order valence-corrected chi connectivity index (χ1v) is 15.3. The molecule has 4 rings (SSSR count). The number of hydrogen-bond donors (Lipinski definition) is 1. The number of likely N-dealkylation sites (N-methyl/N-ethyl adjacent to an activating group) is 1. The first kappa shape index (κ1) is 36.9. The second kappa shape index (κ2) is 17.2. The summed E-state index contributed by atoms with van der Waals surface area (Å²) in [7, 11) is 4.49. The van der Waals surface area contributed by atoms with Gasteiger partial charge in [0.15, 0.2) is 0 Å². The van der Waals surface area contributed by atoms with Crippen molar-refractivity contribution in [3.8, 4) is 22.6 Å². The van der Waals surface area contributed by atoms with Gasteiger partial charge in [-0.1, -0.05) is 120 Å². The van der Waals surface area contributed by atoms with Crippen molar-refractivity contribution in [1.82, 2.24) is 0 Å². The van der Waals surface area contributed by atoms with Gasteiger partial charge in [-0.2, -0.15) is 0 Å². The Morgan fingerprint density at radius 2 is 1.18 bits per heavy atom. The molecule has 0 unspecified atom stereocenters. The number of halogens is 1. The van der Waals surface area contributed by atoms with Crippen LogP contribution < -0.4 is 17.1 Å². The van der Waals surface area contributed by atoms with Gasteiger partial charge in [0.05, 0.1) is 27.3 Å². The quantitative estimate of drug-likeness (QED) is 0.153. The summed E-state index contributed by atoms with van der Waals surface area (Å²) in [6.07, 6.45) is 1.15. The predicted octanol–water partition coefficient (Wildman–Crippen LogP) is 6.14. The van der Waals surface area contributed by atoms with Crippen LogP contribution in [0, 0.1) is 5.41 Å². The average Bonchev–Trinajstić information content (AvgIpc) is 2.95. The number of hydrogen-bond acceptors (Lipinski definition) is 3. The van der Waals surface area contributed by atoms with E-state index in [9.17, 15) is 0 Å². The van der Waals surface area contributed by atoms with Gasteiger partial charge in [-0.05, 0) is 58.2 Å². The smallest absolute Gasteiger partial charge is 0.119 e. The maximum atomic E-state index is 9.10. The molecule has 4 aromatic carbocycles. The van der Waals surface area contributed by atoms with Crippen molar-refractivity contribution in [1.29, 1.82) is 0 Å². The normalized spacial score (nSPS) is 11.6. The molecule has 0 spiro atoms. The molecule has 44 heavy (non-hydrogen) atoms. The summed E-state index contributed by atoms with van der Waals surface area (Å²) >= 11 is 0. The van der Waals surface area contributed by atoms with Crippen LogP contribution in [0.4, 0.5) is 0 Å². The number of nitrogens with zero attached hydrogens (tertiary/aromatic N) is 1. The van der Waals surface area contributed by atoms with Gasteiger partial charge in [-0.25, -0.2) is 0 Å². The summed E-state index contributed by atoms with van der Waals surface area (Å²) in [4.78, 5) is 0. The molecule has 0 aliphatic rings. The number of quaternary nitrogens is 1. The third-order valence-electron chi connectivity index (χ3n) is 7.37. The SMILES string of the molecule is CC(C)(C)CC(C)(C)c1ccc(OCCOCC[N+](C)(C)Cc2ccccc2)cc1.Oc1ccc(-c2ccccc2)cc1.[Cl-]. The zero-order chi connectivity index (χ0) is 31.3. The van der Waals surface area contributed by atoms with Crippen molar-refractivity contribution in [2.24, 2.45) is 5.41 Å². The summed E-state index contributed by atoms with van der Waals surface area (Å²) in [6.45, 7) is 15.5. The van der Waals surface area contributed by atoms with Gasteiger partial charge >= 0.3 is 0 Å². The molecule has 4 nitrogen and oxygen atoms in total. The number of benzene rings is 4. The lowest BCUT2D eigenvalue weighted by atomic mass is 9.72. The van der Waals surface area contributed by atoms with Crippen LogP contribution in [0.25, 0.3) is 11.1 Å². The van der Waals surface area contributed by atoms with Gasteiger partial charge < -0.3 is 31.5 Å². The van der Waals surface area contributed by atoms with E-state index in [1.54, 1.807) is 12.1 Å². The van der Waals surface area contributed by atoms with E-state index in [-0.39, 0.29) is 17.8 Å². The zero-order valence-corrected chi connectivity index (χ0v) is 28.5. The molecule has 0 aliphatic carbocycles. The second-order valence-corrected chi connectivity index (χ2v) is 13.8. The highest BCUT2D eigenvalue weighted by Gasteiger charge is 2.27. The van der Waals surface area contributed by atoms with E-state index in [1.165, 1.54) is 16.7 Å². The highest BCUT2D eigenvalue weighted by atomic mass is 35.5. The molecule has 4 aromatic rings. The molecule has 0 radical (unpaired) electrons. The molecule has 0 saturated carbocycles. The minimum Gasteiger partial charge on any atom is -1.00 e. The fourth-order valence-corrected chi connectivity index (χ4v) is 5.50. The second-order valence-electron chi connectivity index (χ2n) is 13.8. The summed E-state index contributed by atoms with van der Waals surface area (Å²) < 4.78 is 12.6. The Labute approximate surface area is 272 Å². The highest BCUT2D eigenvalue weighted by Crippen LogP contribution is 2.36. The monoisotopic (exact) mass is 617 g/mol. The van der Waals surface area contributed by atoms with E-state index in [2.05, 4.69) is 103 Å². The lowest BCUT2D eigenvalue weighted by Crippen LogP contribution is -3.00. The minimum absolute atomic E-state index is 0. The van der Waals surface area contributed by atoms with Crippen LogP contribution in [0.3, 0.4) is 0 Å². The third-order valence-corrected chi connectivity index (χ3v) is 7.37.